The van der Waals surface area contributed by atoms with Gasteiger partial charge in [-0.25, -0.2) is 12.8 Å². The van der Waals surface area contributed by atoms with Crippen LogP contribution in [0, 0.1) is 12.7 Å². The number of hydrogen-bond donors (Lipinski definition) is 2. The van der Waals surface area contributed by atoms with Crippen molar-refractivity contribution in [2.24, 2.45) is 0 Å². The van der Waals surface area contributed by atoms with E-state index in [1.165, 1.54) is 6.07 Å². The molecule has 0 saturated carbocycles. The summed E-state index contributed by atoms with van der Waals surface area (Å²) in [6, 6.07) is 10.9. The number of carbonyl (C=O) groups is 1. The van der Waals surface area contributed by atoms with E-state index in [1.54, 1.807) is 47.6 Å². The third-order valence-electron chi connectivity index (χ3n) is 4.97. The van der Waals surface area contributed by atoms with Crippen LogP contribution in [-0.2, 0) is 14.8 Å². The highest BCUT2D eigenvalue weighted by Crippen LogP contribution is 2.22. The summed E-state index contributed by atoms with van der Waals surface area (Å²) in [7, 11) is -3.49. The van der Waals surface area contributed by atoms with Gasteiger partial charge in [0.1, 0.15) is 5.82 Å². The largest absolute Gasteiger partial charge is 0.376 e. The highest BCUT2D eigenvalue weighted by Gasteiger charge is 2.24. The molecule has 3 rings (SSSR count). The average molecular weight is 420 g/mol. The number of anilines is 2. The number of nitrogens with zero attached hydrogens (tertiary/aromatic N) is 1. The van der Waals surface area contributed by atoms with Gasteiger partial charge in [0.2, 0.25) is 15.9 Å². The molecule has 156 valence electrons. The Balaban J connectivity index is 1.57. The topological polar surface area (TPSA) is 78.5 Å². The number of carbonyl (C=O) groups excluding carboxylic acids is 1. The lowest BCUT2D eigenvalue weighted by molar-refractivity contribution is -0.114. The Hall–Kier alpha value is -2.45. The minimum absolute atomic E-state index is 0.0201. The number of nitrogens with one attached hydrogen (secondary N) is 2. The van der Waals surface area contributed by atoms with Crippen molar-refractivity contribution in [3.63, 3.8) is 0 Å². The number of amides is 1. The fourth-order valence-electron chi connectivity index (χ4n) is 3.23. The maximum Gasteiger partial charge on any atom is 0.243 e. The van der Waals surface area contributed by atoms with Crippen LogP contribution < -0.4 is 10.6 Å². The maximum atomic E-state index is 13.6. The van der Waals surface area contributed by atoms with Crippen molar-refractivity contribution >= 4 is 27.3 Å². The van der Waals surface area contributed by atoms with Gasteiger partial charge in [0, 0.05) is 24.5 Å². The van der Waals surface area contributed by atoms with Crippen LogP contribution in [-0.4, -0.2) is 38.3 Å². The lowest BCUT2D eigenvalue weighted by atomic mass is 10.2. The summed E-state index contributed by atoms with van der Waals surface area (Å²) >= 11 is 0. The van der Waals surface area contributed by atoms with Crippen molar-refractivity contribution in [3.8, 4) is 0 Å². The number of halogens is 1. The molecule has 0 atom stereocenters. The van der Waals surface area contributed by atoms with Gasteiger partial charge in [0.25, 0.3) is 0 Å². The molecule has 0 radical (unpaired) electrons. The minimum Gasteiger partial charge on any atom is -0.376 e. The highest BCUT2D eigenvalue weighted by molar-refractivity contribution is 7.89. The predicted octanol–water partition coefficient (Wildman–Crippen LogP) is 3.75. The zero-order chi connectivity index (χ0) is 20.9. The fourth-order valence-corrected chi connectivity index (χ4v) is 4.75. The van der Waals surface area contributed by atoms with Gasteiger partial charge in [-0.3, -0.25) is 4.79 Å². The third kappa shape index (κ3) is 5.55. The fraction of sp³-hybridized carbons (Fsp3) is 0.381. The van der Waals surface area contributed by atoms with Crippen LogP contribution in [0.5, 0.6) is 0 Å². The SMILES string of the molecule is Cc1ccc(NC(=O)CNc2ccc(S(=O)(=O)N3CCCCCC3)cc2)cc1F. The van der Waals surface area contributed by atoms with Crippen LogP contribution in [0.2, 0.25) is 0 Å². The Kier molecular flexibility index (Phi) is 6.87. The molecule has 8 heteroatoms. The number of hydrogen-bond acceptors (Lipinski definition) is 4. The molecule has 29 heavy (non-hydrogen) atoms. The molecule has 2 aromatic rings. The molecular weight excluding hydrogens is 393 g/mol. The third-order valence-corrected chi connectivity index (χ3v) is 6.88. The van der Waals surface area contributed by atoms with E-state index in [1.807, 2.05) is 0 Å². The van der Waals surface area contributed by atoms with Crippen LogP contribution in [0.25, 0.3) is 0 Å². The van der Waals surface area contributed by atoms with Crippen LogP contribution in [0.1, 0.15) is 31.2 Å². The maximum absolute atomic E-state index is 13.6. The van der Waals surface area contributed by atoms with E-state index in [2.05, 4.69) is 10.6 Å². The van der Waals surface area contributed by atoms with Gasteiger partial charge in [0.05, 0.1) is 11.4 Å². The summed E-state index contributed by atoms with van der Waals surface area (Å²) < 4.78 is 40.7. The smallest absolute Gasteiger partial charge is 0.243 e. The van der Waals surface area contributed by atoms with Crippen LogP contribution in [0.15, 0.2) is 47.4 Å². The van der Waals surface area contributed by atoms with E-state index in [-0.39, 0.29) is 23.2 Å². The first-order valence-electron chi connectivity index (χ1n) is 9.76. The summed E-state index contributed by atoms with van der Waals surface area (Å²) in [5.74, 6) is -0.702. The lowest BCUT2D eigenvalue weighted by Gasteiger charge is -2.20. The second kappa shape index (κ2) is 9.37. The molecule has 0 bridgehead atoms. The van der Waals surface area contributed by atoms with Gasteiger partial charge < -0.3 is 10.6 Å². The minimum atomic E-state index is -3.49. The first-order valence-corrected chi connectivity index (χ1v) is 11.2. The summed E-state index contributed by atoms with van der Waals surface area (Å²) in [5.41, 5.74) is 1.53. The summed E-state index contributed by atoms with van der Waals surface area (Å²) in [5, 5.41) is 5.57. The zero-order valence-corrected chi connectivity index (χ0v) is 17.3. The van der Waals surface area contributed by atoms with Gasteiger partial charge in [-0.15, -0.1) is 0 Å². The number of benzene rings is 2. The lowest BCUT2D eigenvalue weighted by Crippen LogP contribution is -2.31. The number of rotatable bonds is 6. The second-order valence-corrected chi connectivity index (χ2v) is 9.15. The quantitative estimate of drug-likeness (QED) is 0.748. The molecule has 2 N–H and O–H groups in total. The molecule has 1 saturated heterocycles. The van der Waals surface area contributed by atoms with E-state index in [0.29, 0.717) is 30.0 Å². The number of sulfonamides is 1. The van der Waals surface area contributed by atoms with E-state index in [4.69, 9.17) is 0 Å². The summed E-state index contributed by atoms with van der Waals surface area (Å²) in [6.07, 6.45) is 3.90. The summed E-state index contributed by atoms with van der Waals surface area (Å²) in [6.45, 7) is 2.75. The van der Waals surface area contributed by atoms with E-state index < -0.39 is 10.0 Å². The Labute approximate surface area is 171 Å². The zero-order valence-electron chi connectivity index (χ0n) is 16.4. The Morgan fingerprint density at radius 2 is 1.62 bits per heavy atom. The highest BCUT2D eigenvalue weighted by atomic mass is 32.2. The number of aryl methyl sites for hydroxylation is 1. The molecule has 1 aliphatic heterocycles. The van der Waals surface area contributed by atoms with Crippen molar-refractivity contribution in [3.05, 3.63) is 53.8 Å². The molecule has 6 nitrogen and oxygen atoms in total. The van der Waals surface area contributed by atoms with Gasteiger partial charge >= 0.3 is 0 Å². The molecule has 1 heterocycles. The molecule has 0 aromatic heterocycles. The monoisotopic (exact) mass is 419 g/mol. The van der Waals surface area contributed by atoms with Crippen LogP contribution >= 0.6 is 0 Å². The van der Waals surface area contributed by atoms with Crippen LogP contribution in [0.4, 0.5) is 15.8 Å². The summed E-state index contributed by atoms with van der Waals surface area (Å²) in [4.78, 5) is 12.3. The Bertz CT molecular complexity index is 954. The van der Waals surface area contributed by atoms with Crippen molar-refractivity contribution in [1.82, 2.24) is 4.31 Å². The van der Waals surface area contributed by atoms with Crippen LogP contribution in [0.3, 0.4) is 0 Å². The first kappa shape index (κ1) is 21.3. The standard InChI is InChI=1S/C21H26FN3O3S/c1-16-6-7-18(14-20(16)22)24-21(26)15-23-17-8-10-19(11-9-17)29(27,28)25-12-4-2-3-5-13-25/h6-11,14,23H,2-5,12-13,15H2,1H3,(H,24,26). The average Bonchev–Trinajstić information content (AvgIpc) is 3.00. The van der Waals surface area contributed by atoms with Gasteiger partial charge in [-0.2, -0.15) is 4.31 Å². The van der Waals surface area contributed by atoms with Crippen molar-refractivity contribution in [2.45, 2.75) is 37.5 Å². The van der Waals surface area contributed by atoms with Gasteiger partial charge in [0.15, 0.2) is 0 Å². The van der Waals surface area contributed by atoms with E-state index in [0.717, 1.165) is 25.7 Å². The van der Waals surface area contributed by atoms with Gasteiger partial charge in [-0.05, 0) is 61.7 Å². The first-order chi connectivity index (χ1) is 13.9. The van der Waals surface area contributed by atoms with Crippen molar-refractivity contribution in [1.29, 1.82) is 0 Å². The normalized spacial score (nSPS) is 15.5. The predicted molar refractivity (Wildman–Crippen MR) is 112 cm³/mol. The second-order valence-electron chi connectivity index (χ2n) is 7.21. The molecule has 0 aliphatic carbocycles. The molecule has 0 spiro atoms. The van der Waals surface area contributed by atoms with Crippen molar-refractivity contribution in [2.75, 3.05) is 30.3 Å². The van der Waals surface area contributed by atoms with E-state index >= 15 is 0 Å². The molecule has 2 aromatic carbocycles. The Morgan fingerprint density at radius 3 is 2.24 bits per heavy atom. The molecule has 0 unspecified atom stereocenters. The Morgan fingerprint density at radius 1 is 1.00 bits per heavy atom. The van der Waals surface area contributed by atoms with E-state index in [9.17, 15) is 17.6 Å². The molecular formula is C21H26FN3O3S. The van der Waals surface area contributed by atoms with Crippen molar-refractivity contribution < 1.29 is 17.6 Å². The molecule has 1 fully saturated rings. The van der Waals surface area contributed by atoms with Gasteiger partial charge in [-0.1, -0.05) is 18.9 Å². The molecule has 1 amide bonds. The molecule has 1 aliphatic rings.